The maximum absolute atomic E-state index is 14.2. The zero-order valence-electron chi connectivity index (χ0n) is 15.8. The topological polar surface area (TPSA) is 85.4 Å². The summed E-state index contributed by atoms with van der Waals surface area (Å²) in [5.41, 5.74) is 0.156. The number of nitrogens with zero attached hydrogens (tertiary/aromatic N) is 2. The molecule has 0 saturated heterocycles. The third-order valence-electron chi connectivity index (χ3n) is 5.25. The van der Waals surface area contributed by atoms with Gasteiger partial charge in [-0.3, -0.25) is 5.32 Å². The van der Waals surface area contributed by atoms with E-state index in [2.05, 4.69) is 20.6 Å². The van der Waals surface area contributed by atoms with Crippen molar-refractivity contribution < 1.29 is 27.4 Å². The van der Waals surface area contributed by atoms with Crippen molar-refractivity contribution in [2.24, 2.45) is 5.92 Å². The number of hydrogen-bond donors (Lipinski definition) is 2. The van der Waals surface area contributed by atoms with E-state index in [4.69, 9.17) is 9.47 Å². The van der Waals surface area contributed by atoms with Gasteiger partial charge in [-0.05, 0) is 36.4 Å². The van der Waals surface area contributed by atoms with E-state index in [1.54, 1.807) is 0 Å². The van der Waals surface area contributed by atoms with Crippen LogP contribution < -0.4 is 20.1 Å². The van der Waals surface area contributed by atoms with Crippen LogP contribution in [0.2, 0.25) is 0 Å². The first-order chi connectivity index (χ1) is 15.0. The Bertz CT molecular complexity index is 1160. The molecule has 5 rings (SSSR count). The molecule has 1 fully saturated rings. The lowest BCUT2D eigenvalue weighted by atomic mass is 10.0. The van der Waals surface area contributed by atoms with E-state index in [0.29, 0.717) is 0 Å². The number of anilines is 1. The van der Waals surface area contributed by atoms with Crippen LogP contribution in [0.5, 0.6) is 17.2 Å². The van der Waals surface area contributed by atoms with Crippen molar-refractivity contribution in [2.45, 2.75) is 12.0 Å². The Morgan fingerprint density at radius 1 is 1.10 bits per heavy atom. The summed E-state index contributed by atoms with van der Waals surface area (Å²) < 4.78 is 52.3. The lowest BCUT2D eigenvalue weighted by Crippen LogP contribution is -2.32. The number of halogens is 3. The second-order valence-corrected chi connectivity index (χ2v) is 7.17. The molecule has 0 spiro atoms. The van der Waals surface area contributed by atoms with Crippen molar-refractivity contribution in [3.63, 3.8) is 0 Å². The number of ether oxygens (including phenoxy) is 2. The molecule has 0 bridgehead atoms. The Hall–Kier alpha value is -3.82. The monoisotopic (exact) mass is 428 g/mol. The van der Waals surface area contributed by atoms with E-state index in [-0.39, 0.29) is 53.1 Å². The number of aromatic nitrogens is 2. The number of nitrogens with one attached hydrogen (secondary N) is 2. The molecular weight excluding hydrogens is 413 g/mol. The number of benzene rings is 1. The van der Waals surface area contributed by atoms with Crippen molar-refractivity contribution in [1.82, 2.24) is 15.3 Å². The predicted octanol–water partition coefficient (Wildman–Crippen LogP) is 3.98. The van der Waals surface area contributed by atoms with Crippen molar-refractivity contribution in [2.75, 3.05) is 11.9 Å². The highest BCUT2D eigenvalue weighted by Gasteiger charge is 2.57. The van der Waals surface area contributed by atoms with E-state index >= 15 is 0 Å². The summed E-state index contributed by atoms with van der Waals surface area (Å²) in [7, 11) is 0. The Labute approximate surface area is 174 Å². The molecule has 2 amide bonds. The molecule has 10 heteroatoms. The fourth-order valence-electron chi connectivity index (χ4n) is 3.75. The van der Waals surface area contributed by atoms with Gasteiger partial charge in [0.25, 0.3) is 5.95 Å². The first-order valence-corrected chi connectivity index (χ1v) is 9.44. The van der Waals surface area contributed by atoms with Gasteiger partial charge in [0.05, 0.1) is 12.8 Å². The summed E-state index contributed by atoms with van der Waals surface area (Å²) in [6.45, 7) is 0.193. The van der Waals surface area contributed by atoms with Crippen LogP contribution in [0, 0.1) is 23.5 Å². The Morgan fingerprint density at radius 3 is 2.71 bits per heavy atom. The summed E-state index contributed by atoms with van der Waals surface area (Å²) >= 11 is 0. The van der Waals surface area contributed by atoms with Gasteiger partial charge in [-0.15, -0.1) is 0 Å². The summed E-state index contributed by atoms with van der Waals surface area (Å²) in [5.74, 6) is -2.06. The van der Waals surface area contributed by atoms with Crippen molar-refractivity contribution in [3.05, 3.63) is 71.9 Å². The summed E-state index contributed by atoms with van der Waals surface area (Å²) in [4.78, 5) is 19.9. The van der Waals surface area contributed by atoms with E-state index in [1.165, 1.54) is 36.7 Å². The molecule has 1 unspecified atom stereocenters. The Kier molecular flexibility index (Phi) is 4.61. The second-order valence-electron chi connectivity index (χ2n) is 7.17. The number of carbonyl (C=O) groups is 1. The van der Waals surface area contributed by atoms with Gasteiger partial charge in [0.1, 0.15) is 17.4 Å². The average Bonchev–Trinajstić information content (AvgIpc) is 3.46. The highest BCUT2D eigenvalue weighted by molar-refractivity contribution is 5.89. The molecule has 1 saturated carbocycles. The molecule has 3 aromatic rings. The first-order valence-electron chi connectivity index (χ1n) is 9.44. The highest BCUT2D eigenvalue weighted by atomic mass is 19.1. The molecule has 2 N–H and O–H groups in total. The van der Waals surface area contributed by atoms with Gasteiger partial charge < -0.3 is 14.8 Å². The molecule has 158 valence electrons. The third-order valence-corrected chi connectivity index (χ3v) is 5.25. The lowest BCUT2D eigenvalue weighted by molar-refractivity contribution is 0.247. The number of amides is 2. The molecule has 1 aliphatic heterocycles. The van der Waals surface area contributed by atoms with E-state index in [0.717, 1.165) is 12.1 Å². The van der Waals surface area contributed by atoms with Gasteiger partial charge in [-0.2, -0.15) is 4.39 Å². The quantitative estimate of drug-likeness (QED) is 0.614. The minimum atomic E-state index is -0.753. The molecular formula is C21H15F3N4O3. The van der Waals surface area contributed by atoms with E-state index in [9.17, 15) is 18.0 Å². The smallest absolute Gasteiger partial charge is 0.320 e. The van der Waals surface area contributed by atoms with Crippen molar-refractivity contribution in [1.29, 1.82) is 0 Å². The number of fused-ring (bicyclic) bond motifs is 3. The van der Waals surface area contributed by atoms with Gasteiger partial charge in [0, 0.05) is 29.6 Å². The molecule has 3 atom stereocenters. The predicted molar refractivity (Wildman–Crippen MR) is 103 cm³/mol. The minimum Gasteiger partial charge on any atom is -0.490 e. The molecule has 2 aromatic heterocycles. The molecule has 1 aromatic carbocycles. The van der Waals surface area contributed by atoms with Crippen molar-refractivity contribution >= 4 is 11.8 Å². The van der Waals surface area contributed by atoms with Crippen LogP contribution in [0.25, 0.3) is 0 Å². The van der Waals surface area contributed by atoms with E-state index < -0.39 is 23.6 Å². The van der Waals surface area contributed by atoms with Gasteiger partial charge in [0.2, 0.25) is 0 Å². The van der Waals surface area contributed by atoms with Crippen LogP contribution in [-0.4, -0.2) is 28.6 Å². The fraction of sp³-hybridized carbons (Fsp3) is 0.190. The summed E-state index contributed by atoms with van der Waals surface area (Å²) in [6.07, 6.45) is 2.62. The SMILES string of the molecule is O=C(Nc1ccc(Oc2cccnc2F)cn1)NC1[C@H]2COc3c(F)ccc(F)c3[C@@H]12. The number of rotatable bonds is 4. The highest BCUT2D eigenvalue weighted by Crippen LogP contribution is 2.55. The molecule has 7 nitrogen and oxygen atoms in total. The number of hydrogen-bond acceptors (Lipinski definition) is 5. The van der Waals surface area contributed by atoms with Gasteiger partial charge in [0.15, 0.2) is 17.3 Å². The Morgan fingerprint density at radius 2 is 1.94 bits per heavy atom. The van der Waals surface area contributed by atoms with Crippen LogP contribution >= 0.6 is 0 Å². The van der Waals surface area contributed by atoms with Crippen LogP contribution in [0.1, 0.15) is 11.5 Å². The zero-order chi connectivity index (χ0) is 21.5. The summed E-state index contributed by atoms with van der Waals surface area (Å²) in [5, 5.41) is 5.31. The third kappa shape index (κ3) is 3.60. The number of carbonyl (C=O) groups excluding carboxylic acids is 1. The average molecular weight is 428 g/mol. The van der Waals surface area contributed by atoms with Crippen LogP contribution in [-0.2, 0) is 0 Å². The van der Waals surface area contributed by atoms with Crippen LogP contribution in [0.3, 0.4) is 0 Å². The number of pyridine rings is 2. The van der Waals surface area contributed by atoms with Crippen molar-refractivity contribution in [3.8, 4) is 17.2 Å². The largest absolute Gasteiger partial charge is 0.490 e. The first kappa shape index (κ1) is 19.2. The van der Waals surface area contributed by atoms with Gasteiger partial charge in [-0.1, -0.05) is 0 Å². The minimum absolute atomic E-state index is 0.0507. The van der Waals surface area contributed by atoms with Gasteiger partial charge >= 0.3 is 6.03 Å². The van der Waals surface area contributed by atoms with Crippen LogP contribution in [0.4, 0.5) is 23.8 Å². The maximum atomic E-state index is 14.2. The standard InChI is InChI=1S/C21H15F3N4O3/c22-12-4-5-13(23)19-17(12)16-11(9-30-19)18(16)28-21(29)27-15-6-3-10(8-26-15)31-14-2-1-7-25-20(14)24/h1-8,11,16,18H,9H2,(H2,26,27,28,29)/t11-,16-,18?/m0/s1. The van der Waals surface area contributed by atoms with E-state index in [1.807, 2.05) is 0 Å². The molecule has 1 aliphatic carbocycles. The molecule has 31 heavy (non-hydrogen) atoms. The second kappa shape index (κ2) is 7.46. The van der Waals surface area contributed by atoms with Gasteiger partial charge in [-0.25, -0.2) is 23.5 Å². The molecule has 0 radical (unpaired) electrons. The Balaban J connectivity index is 1.21. The lowest BCUT2D eigenvalue weighted by Gasteiger charge is -2.16. The molecule has 2 aliphatic rings. The van der Waals surface area contributed by atoms with Crippen LogP contribution in [0.15, 0.2) is 48.8 Å². The summed E-state index contributed by atoms with van der Waals surface area (Å²) in [6, 6.07) is 7.10. The molecule has 3 heterocycles. The fourth-order valence-corrected chi connectivity index (χ4v) is 3.75. The zero-order valence-corrected chi connectivity index (χ0v) is 15.8. The normalized spacial score (nSPS) is 20.7. The maximum Gasteiger partial charge on any atom is 0.320 e. The number of urea groups is 1.